The van der Waals surface area contributed by atoms with E-state index in [0.29, 0.717) is 22.2 Å². The van der Waals surface area contributed by atoms with Gasteiger partial charge in [-0.15, -0.1) is 17.5 Å². The number of piperidine rings is 1. The van der Waals surface area contributed by atoms with Crippen LogP contribution in [0, 0.1) is 5.92 Å². The molecule has 0 saturated carbocycles. The number of tetrazole rings is 1. The SMILES string of the molecule is CCNCC1CCN(C(=O)c2cc(Cl)ccc2-n2cnnn2)CC1.Cl. The summed E-state index contributed by atoms with van der Waals surface area (Å²) in [5.74, 6) is 0.609. The van der Waals surface area contributed by atoms with E-state index in [9.17, 15) is 4.79 Å². The van der Waals surface area contributed by atoms with Crippen molar-refractivity contribution in [3.05, 3.63) is 35.1 Å². The Morgan fingerprint density at radius 1 is 1.36 bits per heavy atom. The first-order valence-electron chi connectivity index (χ1n) is 8.22. The standard InChI is InChI=1S/C16H21ClN6O.ClH/c1-2-18-10-12-5-7-22(8-6-12)16(24)14-9-13(17)3-4-15(14)23-11-19-20-21-23;/h3-4,9,11-12,18H,2,5-8,10H2,1H3;1H. The van der Waals surface area contributed by atoms with Gasteiger partial charge in [0.2, 0.25) is 0 Å². The Morgan fingerprint density at radius 2 is 2.12 bits per heavy atom. The van der Waals surface area contributed by atoms with Crippen molar-refractivity contribution in [3.63, 3.8) is 0 Å². The second kappa shape index (κ2) is 9.12. The molecule has 1 saturated heterocycles. The fraction of sp³-hybridized carbons (Fsp3) is 0.500. The molecule has 9 heteroatoms. The molecule has 0 unspecified atom stereocenters. The van der Waals surface area contributed by atoms with Crippen molar-refractivity contribution in [3.8, 4) is 5.69 Å². The van der Waals surface area contributed by atoms with Gasteiger partial charge >= 0.3 is 0 Å². The second-order valence-electron chi connectivity index (χ2n) is 5.96. The Labute approximate surface area is 158 Å². The van der Waals surface area contributed by atoms with Gasteiger partial charge < -0.3 is 10.2 Å². The van der Waals surface area contributed by atoms with Crippen molar-refractivity contribution in [2.75, 3.05) is 26.2 Å². The molecule has 2 aromatic rings. The van der Waals surface area contributed by atoms with Crippen LogP contribution in [-0.2, 0) is 0 Å². The number of nitrogens with zero attached hydrogens (tertiary/aromatic N) is 5. The molecule has 1 aromatic carbocycles. The van der Waals surface area contributed by atoms with Gasteiger partial charge in [0.15, 0.2) is 0 Å². The van der Waals surface area contributed by atoms with E-state index in [1.807, 2.05) is 4.90 Å². The average molecular weight is 385 g/mol. The third-order valence-electron chi connectivity index (χ3n) is 4.37. The van der Waals surface area contributed by atoms with Crippen LogP contribution in [-0.4, -0.2) is 57.2 Å². The summed E-state index contributed by atoms with van der Waals surface area (Å²) in [6.45, 7) is 5.63. The fourth-order valence-electron chi connectivity index (χ4n) is 3.01. The minimum absolute atomic E-state index is 0. The Hall–Kier alpha value is -1.70. The Balaban J connectivity index is 0.00000225. The van der Waals surface area contributed by atoms with Gasteiger partial charge in [0.05, 0.1) is 11.3 Å². The van der Waals surface area contributed by atoms with Gasteiger partial charge in [-0.3, -0.25) is 4.79 Å². The average Bonchev–Trinajstić information content (AvgIpc) is 3.14. The zero-order valence-corrected chi connectivity index (χ0v) is 15.6. The number of rotatable bonds is 5. The van der Waals surface area contributed by atoms with Crippen LogP contribution in [0.15, 0.2) is 24.5 Å². The minimum Gasteiger partial charge on any atom is -0.339 e. The van der Waals surface area contributed by atoms with Crippen molar-refractivity contribution in [2.45, 2.75) is 19.8 Å². The highest BCUT2D eigenvalue weighted by Crippen LogP contribution is 2.23. The molecular formula is C16H22Cl2N6O. The highest BCUT2D eigenvalue weighted by molar-refractivity contribution is 6.31. The van der Waals surface area contributed by atoms with Crippen LogP contribution in [0.2, 0.25) is 5.02 Å². The van der Waals surface area contributed by atoms with Crippen LogP contribution in [0.4, 0.5) is 0 Å². The molecule has 1 N–H and O–H groups in total. The summed E-state index contributed by atoms with van der Waals surface area (Å²) in [6.07, 6.45) is 3.50. The summed E-state index contributed by atoms with van der Waals surface area (Å²) in [4.78, 5) is 14.8. The number of likely N-dealkylation sites (tertiary alicyclic amines) is 1. The molecule has 1 aliphatic rings. The van der Waals surface area contributed by atoms with E-state index < -0.39 is 0 Å². The number of hydrogen-bond acceptors (Lipinski definition) is 5. The zero-order chi connectivity index (χ0) is 16.9. The molecular weight excluding hydrogens is 363 g/mol. The van der Waals surface area contributed by atoms with E-state index in [0.717, 1.165) is 39.0 Å². The predicted octanol–water partition coefficient (Wildman–Crippen LogP) is 2.20. The smallest absolute Gasteiger partial charge is 0.256 e. The van der Waals surface area contributed by atoms with Crippen LogP contribution < -0.4 is 5.32 Å². The van der Waals surface area contributed by atoms with Gasteiger partial charge in [0, 0.05) is 18.1 Å². The molecule has 1 aliphatic heterocycles. The summed E-state index contributed by atoms with van der Waals surface area (Å²) >= 11 is 6.10. The van der Waals surface area contributed by atoms with Gasteiger partial charge in [0.1, 0.15) is 6.33 Å². The van der Waals surface area contributed by atoms with Crippen molar-refractivity contribution in [1.29, 1.82) is 0 Å². The third kappa shape index (κ3) is 4.68. The molecule has 0 aliphatic carbocycles. The first kappa shape index (κ1) is 19.6. The molecule has 0 radical (unpaired) electrons. The van der Waals surface area contributed by atoms with Crippen molar-refractivity contribution < 1.29 is 4.79 Å². The number of hydrogen-bond donors (Lipinski definition) is 1. The largest absolute Gasteiger partial charge is 0.339 e. The first-order chi connectivity index (χ1) is 11.7. The number of carbonyl (C=O) groups is 1. The maximum Gasteiger partial charge on any atom is 0.256 e. The topological polar surface area (TPSA) is 75.9 Å². The number of amides is 1. The molecule has 0 atom stereocenters. The summed E-state index contributed by atoms with van der Waals surface area (Å²) in [5, 5.41) is 15.1. The van der Waals surface area contributed by atoms with Crippen LogP contribution in [0.1, 0.15) is 30.1 Å². The molecule has 1 aromatic heterocycles. The highest BCUT2D eigenvalue weighted by Gasteiger charge is 2.25. The molecule has 7 nitrogen and oxygen atoms in total. The van der Waals surface area contributed by atoms with Gasteiger partial charge in [-0.1, -0.05) is 18.5 Å². The lowest BCUT2D eigenvalue weighted by Gasteiger charge is -2.32. The summed E-state index contributed by atoms with van der Waals surface area (Å²) < 4.78 is 1.49. The molecule has 0 spiro atoms. The summed E-state index contributed by atoms with van der Waals surface area (Å²) in [5.41, 5.74) is 1.17. The van der Waals surface area contributed by atoms with Crippen LogP contribution in [0.25, 0.3) is 5.69 Å². The molecule has 136 valence electrons. The minimum atomic E-state index is -0.0232. The third-order valence-corrected chi connectivity index (χ3v) is 4.60. The molecule has 25 heavy (non-hydrogen) atoms. The fourth-order valence-corrected chi connectivity index (χ4v) is 3.18. The quantitative estimate of drug-likeness (QED) is 0.854. The lowest BCUT2D eigenvalue weighted by atomic mass is 9.96. The summed E-state index contributed by atoms with van der Waals surface area (Å²) in [6, 6.07) is 5.19. The first-order valence-corrected chi connectivity index (χ1v) is 8.59. The maximum atomic E-state index is 13.0. The number of halogens is 2. The maximum absolute atomic E-state index is 13.0. The zero-order valence-electron chi connectivity index (χ0n) is 14.1. The number of benzene rings is 1. The lowest BCUT2D eigenvalue weighted by molar-refractivity contribution is 0.0690. The van der Waals surface area contributed by atoms with E-state index >= 15 is 0 Å². The van der Waals surface area contributed by atoms with E-state index in [2.05, 4.69) is 27.8 Å². The molecule has 1 fully saturated rings. The van der Waals surface area contributed by atoms with Crippen LogP contribution in [0.3, 0.4) is 0 Å². The van der Waals surface area contributed by atoms with Crippen LogP contribution >= 0.6 is 24.0 Å². The van der Waals surface area contributed by atoms with E-state index in [1.54, 1.807) is 18.2 Å². The second-order valence-corrected chi connectivity index (χ2v) is 6.40. The Bertz CT molecular complexity index is 686. The highest BCUT2D eigenvalue weighted by atomic mass is 35.5. The van der Waals surface area contributed by atoms with Crippen molar-refractivity contribution in [2.24, 2.45) is 5.92 Å². The molecule has 3 rings (SSSR count). The van der Waals surface area contributed by atoms with Gasteiger partial charge in [-0.2, -0.15) is 4.68 Å². The van der Waals surface area contributed by atoms with Crippen LogP contribution in [0.5, 0.6) is 0 Å². The van der Waals surface area contributed by atoms with E-state index in [4.69, 9.17) is 11.6 Å². The molecule has 2 heterocycles. The van der Waals surface area contributed by atoms with Gasteiger partial charge in [-0.25, -0.2) is 0 Å². The predicted molar refractivity (Wildman–Crippen MR) is 98.6 cm³/mol. The van der Waals surface area contributed by atoms with Gasteiger partial charge in [-0.05, 0) is 60.5 Å². The van der Waals surface area contributed by atoms with Crippen molar-refractivity contribution in [1.82, 2.24) is 30.4 Å². The Kier molecular flexibility index (Phi) is 7.16. The molecule has 0 bridgehead atoms. The monoisotopic (exact) mass is 384 g/mol. The van der Waals surface area contributed by atoms with E-state index in [1.165, 1.54) is 11.0 Å². The number of carbonyl (C=O) groups excluding carboxylic acids is 1. The Morgan fingerprint density at radius 3 is 2.76 bits per heavy atom. The van der Waals surface area contributed by atoms with Gasteiger partial charge in [0.25, 0.3) is 5.91 Å². The normalized spacial score (nSPS) is 15.0. The molecule has 1 amide bonds. The lowest BCUT2D eigenvalue weighted by Crippen LogP contribution is -2.41. The summed E-state index contributed by atoms with van der Waals surface area (Å²) in [7, 11) is 0. The van der Waals surface area contributed by atoms with Crippen molar-refractivity contribution >= 4 is 29.9 Å². The number of aromatic nitrogens is 4. The van der Waals surface area contributed by atoms with E-state index in [-0.39, 0.29) is 18.3 Å². The number of nitrogens with one attached hydrogen (secondary N) is 1.